The number of ether oxygens (including phenoxy) is 1. The molecule has 1 saturated carbocycles. The third kappa shape index (κ3) is 4.90. The predicted molar refractivity (Wildman–Crippen MR) is 134 cm³/mol. The molecule has 0 unspecified atom stereocenters. The minimum absolute atomic E-state index is 0.0978. The minimum atomic E-state index is -0.714. The van der Waals surface area contributed by atoms with Crippen LogP contribution >= 0.6 is 7.92 Å². The molecule has 2 nitrogen and oxygen atoms in total. The molecule has 4 rings (SSSR count). The lowest BCUT2D eigenvalue weighted by Gasteiger charge is -2.29. The molecule has 1 aliphatic carbocycles. The fourth-order valence-corrected chi connectivity index (χ4v) is 7.17. The Hall–Kier alpha value is -1.66. The maximum atomic E-state index is 6.15. The Balaban J connectivity index is 1.77. The Bertz CT molecular complexity index is 895. The van der Waals surface area contributed by atoms with E-state index in [2.05, 4.69) is 104 Å². The zero-order valence-corrected chi connectivity index (χ0v) is 20.7. The largest absolute Gasteiger partial charge is 0.478 e. The Labute approximate surface area is 190 Å². The minimum Gasteiger partial charge on any atom is -0.478 e. The van der Waals surface area contributed by atoms with Crippen molar-refractivity contribution in [1.29, 1.82) is 0 Å². The van der Waals surface area contributed by atoms with Gasteiger partial charge < -0.3 is 4.74 Å². The molecule has 0 bridgehead atoms. The molecule has 1 atom stereocenters. The summed E-state index contributed by atoms with van der Waals surface area (Å²) in [6, 6.07) is 14.1. The lowest BCUT2D eigenvalue weighted by molar-refractivity contribution is 0.235. The van der Waals surface area contributed by atoms with Crippen LogP contribution in [0.25, 0.3) is 0 Å². The molecular weight excluding hydrogens is 397 g/mol. The van der Waals surface area contributed by atoms with E-state index >= 15 is 0 Å². The van der Waals surface area contributed by atoms with Crippen LogP contribution in [-0.4, -0.2) is 18.5 Å². The summed E-state index contributed by atoms with van der Waals surface area (Å²) in [5.74, 6) is 1.96. The van der Waals surface area contributed by atoms with Crippen molar-refractivity contribution in [2.24, 2.45) is 10.4 Å². The number of hydrogen-bond donors (Lipinski definition) is 0. The van der Waals surface area contributed by atoms with E-state index in [4.69, 9.17) is 9.73 Å². The molecular formula is C28H33NOP. The van der Waals surface area contributed by atoms with Crippen LogP contribution in [-0.2, 0) is 4.74 Å². The van der Waals surface area contributed by atoms with Crippen molar-refractivity contribution in [3.05, 3.63) is 89.5 Å². The molecule has 0 amide bonds. The first kappa shape index (κ1) is 22.5. The van der Waals surface area contributed by atoms with Crippen LogP contribution in [0, 0.1) is 63.9 Å². The van der Waals surface area contributed by atoms with E-state index in [1.807, 2.05) is 0 Å². The van der Waals surface area contributed by atoms with Crippen molar-refractivity contribution >= 4 is 24.4 Å². The summed E-state index contributed by atoms with van der Waals surface area (Å²) in [6.07, 6.45) is 6.61. The number of benzene rings is 2. The molecule has 3 heteroatoms. The highest BCUT2D eigenvalue weighted by Crippen LogP contribution is 2.57. The molecule has 5 radical (unpaired) electrons. The van der Waals surface area contributed by atoms with Crippen molar-refractivity contribution in [2.75, 3.05) is 6.61 Å². The summed E-state index contributed by atoms with van der Waals surface area (Å²) in [5, 5.41) is 2.77. The normalized spacial score (nSPS) is 20.4. The zero-order valence-electron chi connectivity index (χ0n) is 19.8. The van der Waals surface area contributed by atoms with Gasteiger partial charge in [-0.05, 0) is 70.9 Å². The van der Waals surface area contributed by atoms with Crippen LogP contribution in [0.5, 0.6) is 0 Å². The predicted octanol–water partition coefficient (Wildman–Crippen LogP) is 5.93. The molecule has 2 aromatic rings. The van der Waals surface area contributed by atoms with Crippen LogP contribution in [0.3, 0.4) is 0 Å². The summed E-state index contributed by atoms with van der Waals surface area (Å²) in [6.45, 7) is 16.1. The number of hydrogen-bond acceptors (Lipinski definition) is 2. The van der Waals surface area contributed by atoms with Gasteiger partial charge in [0.25, 0.3) is 0 Å². The zero-order chi connectivity index (χ0) is 22.3. The van der Waals surface area contributed by atoms with Crippen molar-refractivity contribution in [3.63, 3.8) is 0 Å². The SMILES string of the molecule is Cc1cc(C)cc(P([C]2[CH][CH][CH][C]2C2=N[C@@H](C(C)(C)C)CO2)c2cc(C)cc(C)c2)c1. The van der Waals surface area contributed by atoms with E-state index in [-0.39, 0.29) is 11.5 Å². The fraction of sp³-hybridized carbons (Fsp3) is 0.357. The van der Waals surface area contributed by atoms with Crippen LogP contribution in [0.4, 0.5) is 0 Å². The molecule has 2 aromatic carbocycles. The summed E-state index contributed by atoms with van der Waals surface area (Å²) in [4.78, 5) is 5.01. The van der Waals surface area contributed by atoms with Gasteiger partial charge in [-0.1, -0.05) is 79.4 Å². The third-order valence-corrected chi connectivity index (χ3v) is 8.27. The number of rotatable bonds is 4. The third-order valence-electron chi connectivity index (χ3n) is 5.84. The number of aliphatic imine (C=N–C) groups is 1. The molecule has 2 aliphatic rings. The Morgan fingerprint density at radius 3 is 1.77 bits per heavy atom. The molecule has 1 aliphatic heterocycles. The van der Waals surface area contributed by atoms with Crippen molar-refractivity contribution in [2.45, 2.75) is 54.5 Å². The highest BCUT2D eigenvalue weighted by molar-refractivity contribution is 7.76. The quantitative estimate of drug-likeness (QED) is 0.551. The molecule has 0 spiro atoms. The standard InChI is InChI=1S/C28H33NOP/c1-18-11-19(2)14-22(13-18)31(23-15-20(3)12-21(4)16-23)25-10-8-9-24(25)27-29-26(17-30-27)28(5,6)7/h8-16,26H,17H2,1-7H3/t26-/m1/s1. The first-order valence-corrected chi connectivity index (χ1v) is 12.4. The average molecular weight is 431 g/mol. The van der Waals surface area contributed by atoms with E-state index < -0.39 is 7.92 Å². The van der Waals surface area contributed by atoms with E-state index in [9.17, 15) is 0 Å². The first-order valence-electron chi connectivity index (χ1n) is 11.1. The molecule has 1 heterocycles. The van der Waals surface area contributed by atoms with E-state index in [1.165, 1.54) is 38.5 Å². The fourth-order valence-electron chi connectivity index (χ4n) is 4.34. The van der Waals surface area contributed by atoms with Crippen molar-refractivity contribution < 1.29 is 4.74 Å². The van der Waals surface area contributed by atoms with Crippen molar-refractivity contribution in [3.8, 4) is 0 Å². The van der Waals surface area contributed by atoms with Gasteiger partial charge in [0.15, 0.2) is 5.90 Å². The van der Waals surface area contributed by atoms with Crippen LogP contribution in [0.2, 0.25) is 0 Å². The van der Waals surface area contributed by atoms with Gasteiger partial charge in [0.2, 0.25) is 0 Å². The Kier molecular flexibility index (Phi) is 6.32. The maximum absolute atomic E-state index is 6.15. The molecule has 0 N–H and O–H groups in total. The van der Waals surface area contributed by atoms with E-state index in [0.717, 1.165) is 11.8 Å². The van der Waals surface area contributed by atoms with Crippen LogP contribution in [0.15, 0.2) is 41.4 Å². The lowest BCUT2D eigenvalue weighted by atomic mass is 9.88. The Morgan fingerprint density at radius 1 is 0.806 bits per heavy atom. The topological polar surface area (TPSA) is 21.6 Å². The van der Waals surface area contributed by atoms with E-state index in [0.29, 0.717) is 6.61 Å². The second-order valence-electron chi connectivity index (χ2n) is 9.98. The van der Waals surface area contributed by atoms with Gasteiger partial charge in [-0.3, -0.25) is 0 Å². The van der Waals surface area contributed by atoms with Crippen LogP contribution in [0.1, 0.15) is 43.0 Å². The second-order valence-corrected chi connectivity index (χ2v) is 12.2. The average Bonchev–Trinajstić information content (AvgIpc) is 3.29. The van der Waals surface area contributed by atoms with Gasteiger partial charge in [-0.2, -0.15) is 0 Å². The lowest BCUT2D eigenvalue weighted by Crippen LogP contribution is -2.25. The first-order chi connectivity index (χ1) is 14.6. The van der Waals surface area contributed by atoms with Gasteiger partial charge in [0.1, 0.15) is 6.61 Å². The number of nitrogens with zero attached hydrogens (tertiary/aromatic N) is 1. The Morgan fingerprint density at radius 2 is 1.32 bits per heavy atom. The van der Waals surface area contributed by atoms with Crippen LogP contribution < -0.4 is 10.6 Å². The summed E-state index contributed by atoms with van der Waals surface area (Å²) in [5.41, 5.74) is 6.66. The molecule has 0 saturated heterocycles. The van der Waals surface area contributed by atoms with Gasteiger partial charge in [0, 0.05) is 5.66 Å². The second kappa shape index (κ2) is 8.70. The summed E-state index contributed by atoms with van der Waals surface area (Å²) in [7, 11) is -0.714. The highest BCUT2D eigenvalue weighted by Gasteiger charge is 2.44. The highest BCUT2D eigenvalue weighted by atomic mass is 31.1. The monoisotopic (exact) mass is 430 g/mol. The molecule has 161 valence electrons. The maximum Gasteiger partial charge on any atom is 0.192 e. The van der Waals surface area contributed by atoms with Gasteiger partial charge in [0.05, 0.1) is 12.0 Å². The smallest absolute Gasteiger partial charge is 0.192 e. The van der Waals surface area contributed by atoms with Crippen molar-refractivity contribution in [1.82, 2.24) is 0 Å². The van der Waals surface area contributed by atoms with Gasteiger partial charge in [-0.15, -0.1) is 0 Å². The van der Waals surface area contributed by atoms with E-state index in [1.54, 1.807) is 0 Å². The molecule has 31 heavy (non-hydrogen) atoms. The summed E-state index contributed by atoms with van der Waals surface area (Å²) >= 11 is 0. The van der Waals surface area contributed by atoms with Gasteiger partial charge >= 0.3 is 0 Å². The molecule has 0 aromatic heterocycles. The van der Waals surface area contributed by atoms with Gasteiger partial charge in [-0.25, -0.2) is 4.99 Å². The molecule has 1 fully saturated rings. The summed E-state index contributed by atoms with van der Waals surface area (Å²) < 4.78 is 6.15. The number of aryl methyl sites for hydroxylation is 4.